The van der Waals surface area contributed by atoms with Crippen LogP contribution in [-0.2, 0) is 0 Å². The van der Waals surface area contributed by atoms with E-state index in [1.165, 1.54) is 24.9 Å². The van der Waals surface area contributed by atoms with Crippen molar-refractivity contribution in [1.29, 1.82) is 0 Å². The fourth-order valence-electron chi connectivity index (χ4n) is 2.70. The molecule has 0 unspecified atom stereocenters. The molecule has 0 saturated heterocycles. The number of hydrogen-bond donors (Lipinski definition) is 1. The molecule has 1 aliphatic rings. The number of nitrogens with zero attached hydrogens (tertiary/aromatic N) is 1. The Balaban J connectivity index is 2.32. The number of nitrogens with two attached hydrogens (primary N) is 1. The van der Waals surface area contributed by atoms with Crippen LogP contribution in [0.15, 0.2) is 18.2 Å². The average molecular weight is 276 g/mol. The van der Waals surface area contributed by atoms with E-state index >= 15 is 0 Å². The third-order valence-corrected chi connectivity index (χ3v) is 3.96. The highest BCUT2D eigenvalue weighted by Crippen LogP contribution is 2.39. The Bertz CT molecular complexity index is 439. The first-order chi connectivity index (χ1) is 9.54. The van der Waals surface area contributed by atoms with Crippen molar-refractivity contribution < 1.29 is 4.74 Å². The molecule has 112 valence electrons. The highest BCUT2D eigenvalue weighted by molar-refractivity contribution is 5.62. The van der Waals surface area contributed by atoms with E-state index < -0.39 is 0 Å². The molecule has 20 heavy (non-hydrogen) atoms. The summed E-state index contributed by atoms with van der Waals surface area (Å²) < 4.78 is 5.52. The Morgan fingerprint density at radius 1 is 1.30 bits per heavy atom. The summed E-state index contributed by atoms with van der Waals surface area (Å²) >= 11 is 0. The molecule has 1 aromatic carbocycles. The van der Waals surface area contributed by atoms with Gasteiger partial charge in [0.25, 0.3) is 0 Å². The van der Waals surface area contributed by atoms with E-state index in [2.05, 4.69) is 30.9 Å². The number of methoxy groups -OCH3 is 1. The van der Waals surface area contributed by atoms with Crippen molar-refractivity contribution in [2.45, 2.75) is 52.1 Å². The standard InChI is InChI=1S/C17H28N2O/c1-12(2)10-11-19(14-8-9-14)15-6-5-7-16(20-4)17(15)13(3)18/h5-7,12-14H,8-11,18H2,1-4H3/t13-/m0/s1. The Labute approximate surface area is 123 Å². The topological polar surface area (TPSA) is 38.5 Å². The van der Waals surface area contributed by atoms with Crippen LogP contribution in [0, 0.1) is 5.92 Å². The van der Waals surface area contributed by atoms with Crippen molar-refractivity contribution >= 4 is 5.69 Å². The summed E-state index contributed by atoms with van der Waals surface area (Å²) in [7, 11) is 1.72. The lowest BCUT2D eigenvalue weighted by molar-refractivity contribution is 0.406. The Morgan fingerprint density at radius 2 is 2.00 bits per heavy atom. The van der Waals surface area contributed by atoms with Gasteiger partial charge in [0, 0.05) is 29.9 Å². The van der Waals surface area contributed by atoms with Gasteiger partial charge in [0.2, 0.25) is 0 Å². The lowest BCUT2D eigenvalue weighted by Crippen LogP contribution is -2.29. The predicted octanol–water partition coefficient (Wildman–Crippen LogP) is 3.73. The largest absolute Gasteiger partial charge is 0.496 e. The minimum Gasteiger partial charge on any atom is -0.496 e. The summed E-state index contributed by atoms with van der Waals surface area (Å²) in [5, 5.41) is 0. The number of ether oxygens (including phenoxy) is 1. The summed E-state index contributed by atoms with van der Waals surface area (Å²) in [6.07, 6.45) is 3.81. The van der Waals surface area contributed by atoms with Gasteiger partial charge in [0.15, 0.2) is 0 Å². The van der Waals surface area contributed by atoms with Gasteiger partial charge in [-0.15, -0.1) is 0 Å². The highest BCUT2D eigenvalue weighted by atomic mass is 16.5. The smallest absolute Gasteiger partial charge is 0.125 e. The predicted molar refractivity (Wildman–Crippen MR) is 85.4 cm³/mol. The van der Waals surface area contributed by atoms with Gasteiger partial charge in [-0.25, -0.2) is 0 Å². The summed E-state index contributed by atoms with van der Waals surface area (Å²) in [4.78, 5) is 2.54. The number of anilines is 1. The molecular formula is C17H28N2O. The van der Waals surface area contributed by atoms with Gasteiger partial charge < -0.3 is 15.4 Å². The first-order valence-corrected chi connectivity index (χ1v) is 7.73. The van der Waals surface area contributed by atoms with E-state index in [1.807, 2.05) is 13.0 Å². The number of benzene rings is 1. The summed E-state index contributed by atoms with van der Waals surface area (Å²) in [6.45, 7) is 7.70. The van der Waals surface area contributed by atoms with Crippen LogP contribution in [0.25, 0.3) is 0 Å². The van der Waals surface area contributed by atoms with Crippen LogP contribution >= 0.6 is 0 Å². The molecule has 0 radical (unpaired) electrons. The molecule has 0 heterocycles. The second kappa shape index (κ2) is 6.49. The molecule has 0 aliphatic heterocycles. The van der Waals surface area contributed by atoms with Crippen LogP contribution < -0.4 is 15.4 Å². The van der Waals surface area contributed by atoms with Gasteiger partial charge in [0.05, 0.1) is 7.11 Å². The van der Waals surface area contributed by atoms with Crippen LogP contribution in [0.5, 0.6) is 5.75 Å². The summed E-state index contributed by atoms with van der Waals surface area (Å²) in [5.41, 5.74) is 8.61. The second-order valence-electron chi connectivity index (χ2n) is 6.29. The van der Waals surface area contributed by atoms with Gasteiger partial charge in [-0.05, 0) is 44.2 Å². The number of rotatable bonds is 7. The van der Waals surface area contributed by atoms with Crippen molar-refractivity contribution in [3.8, 4) is 5.75 Å². The van der Waals surface area contributed by atoms with Crippen LogP contribution in [0.2, 0.25) is 0 Å². The van der Waals surface area contributed by atoms with E-state index in [1.54, 1.807) is 7.11 Å². The van der Waals surface area contributed by atoms with Crippen molar-refractivity contribution in [1.82, 2.24) is 0 Å². The molecule has 1 saturated carbocycles. The molecule has 0 amide bonds. The van der Waals surface area contributed by atoms with E-state index in [0.717, 1.165) is 23.8 Å². The Kier molecular flexibility index (Phi) is 4.92. The van der Waals surface area contributed by atoms with Crippen LogP contribution in [0.1, 0.15) is 51.6 Å². The molecule has 3 heteroatoms. The van der Waals surface area contributed by atoms with Gasteiger partial charge in [-0.2, -0.15) is 0 Å². The lowest BCUT2D eigenvalue weighted by atomic mass is 10.0. The molecule has 0 bridgehead atoms. The van der Waals surface area contributed by atoms with E-state index in [-0.39, 0.29) is 6.04 Å². The van der Waals surface area contributed by atoms with Crippen molar-refractivity contribution in [3.05, 3.63) is 23.8 Å². The van der Waals surface area contributed by atoms with Crippen molar-refractivity contribution in [2.75, 3.05) is 18.6 Å². The molecular weight excluding hydrogens is 248 g/mol. The molecule has 1 aliphatic carbocycles. The third-order valence-electron chi connectivity index (χ3n) is 3.96. The first-order valence-electron chi connectivity index (χ1n) is 7.73. The quantitative estimate of drug-likeness (QED) is 0.824. The Morgan fingerprint density at radius 3 is 2.50 bits per heavy atom. The lowest BCUT2D eigenvalue weighted by Gasteiger charge is -2.30. The maximum absolute atomic E-state index is 6.20. The van der Waals surface area contributed by atoms with Gasteiger partial charge in [0.1, 0.15) is 5.75 Å². The zero-order chi connectivity index (χ0) is 14.7. The van der Waals surface area contributed by atoms with Crippen LogP contribution in [-0.4, -0.2) is 19.7 Å². The number of hydrogen-bond acceptors (Lipinski definition) is 3. The maximum Gasteiger partial charge on any atom is 0.125 e. The zero-order valence-corrected chi connectivity index (χ0v) is 13.2. The van der Waals surface area contributed by atoms with Crippen molar-refractivity contribution in [3.63, 3.8) is 0 Å². The SMILES string of the molecule is COc1cccc(N(CCC(C)C)C2CC2)c1[C@H](C)N. The molecule has 0 spiro atoms. The zero-order valence-electron chi connectivity index (χ0n) is 13.2. The highest BCUT2D eigenvalue weighted by Gasteiger charge is 2.31. The molecule has 1 aromatic rings. The van der Waals surface area contributed by atoms with Gasteiger partial charge >= 0.3 is 0 Å². The van der Waals surface area contributed by atoms with E-state index in [4.69, 9.17) is 10.5 Å². The minimum absolute atomic E-state index is 0.0125. The molecule has 2 N–H and O–H groups in total. The van der Waals surface area contributed by atoms with Gasteiger partial charge in [-0.1, -0.05) is 19.9 Å². The average Bonchev–Trinajstić information content (AvgIpc) is 3.22. The van der Waals surface area contributed by atoms with E-state index in [0.29, 0.717) is 6.04 Å². The normalized spacial score (nSPS) is 16.3. The fourth-order valence-corrected chi connectivity index (χ4v) is 2.70. The molecule has 1 fully saturated rings. The van der Waals surface area contributed by atoms with Crippen LogP contribution in [0.4, 0.5) is 5.69 Å². The third kappa shape index (κ3) is 3.45. The molecule has 0 aromatic heterocycles. The molecule has 3 nitrogen and oxygen atoms in total. The molecule has 2 rings (SSSR count). The minimum atomic E-state index is -0.0125. The Hall–Kier alpha value is -1.22. The monoisotopic (exact) mass is 276 g/mol. The van der Waals surface area contributed by atoms with Gasteiger partial charge in [-0.3, -0.25) is 0 Å². The van der Waals surface area contributed by atoms with E-state index in [9.17, 15) is 0 Å². The fraction of sp³-hybridized carbons (Fsp3) is 0.647. The second-order valence-corrected chi connectivity index (χ2v) is 6.29. The van der Waals surface area contributed by atoms with Crippen molar-refractivity contribution in [2.24, 2.45) is 11.7 Å². The molecule has 1 atom stereocenters. The first kappa shape index (κ1) is 15.2. The maximum atomic E-state index is 6.20. The summed E-state index contributed by atoms with van der Waals surface area (Å²) in [5.74, 6) is 1.63. The summed E-state index contributed by atoms with van der Waals surface area (Å²) in [6, 6.07) is 6.96. The van der Waals surface area contributed by atoms with Crippen LogP contribution in [0.3, 0.4) is 0 Å².